The highest BCUT2D eigenvalue weighted by atomic mass is 32.1. The first-order valence-corrected chi connectivity index (χ1v) is 4.39. The van der Waals surface area contributed by atoms with Gasteiger partial charge in [0.1, 0.15) is 0 Å². The van der Waals surface area contributed by atoms with E-state index in [0.29, 0.717) is 10.4 Å². The Labute approximate surface area is 84.2 Å². The molecule has 2 aromatic rings. The van der Waals surface area contributed by atoms with E-state index >= 15 is 0 Å². The number of aromatic nitrogens is 1. The molecule has 0 saturated heterocycles. The second kappa shape index (κ2) is 3.26. The maximum Gasteiger partial charge on any atom is 0.307 e. The number of carboxylic acids is 1. The maximum absolute atomic E-state index is 10.5. The highest BCUT2D eigenvalue weighted by Gasteiger charge is 2.03. The summed E-state index contributed by atoms with van der Waals surface area (Å²) in [7, 11) is 0. The lowest BCUT2D eigenvalue weighted by Crippen LogP contribution is -1.99. The van der Waals surface area contributed by atoms with Crippen molar-refractivity contribution in [2.45, 2.75) is 6.42 Å². The number of hydrogen-bond acceptors (Lipinski definition) is 3. The van der Waals surface area contributed by atoms with E-state index in [2.05, 4.69) is 4.98 Å². The van der Waals surface area contributed by atoms with Gasteiger partial charge in [0.2, 0.25) is 0 Å². The van der Waals surface area contributed by atoms with Crippen LogP contribution in [0.15, 0.2) is 22.6 Å². The van der Waals surface area contributed by atoms with E-state index in [1.807, 2.05) is 0 Å². The van der Waals surface area contributed by atoms with Gasteiger partial charge in [0.25, 0.3) is 4.84 Å². The monoisotopic (exact) mass is 209 g/mol. The number of oxazole rings is 1. The number of aliphatic carboxylic acids is 1. The molecule has 2 rings (SSSR count). The summed E-state index contributed by atoms with van der Waals surface area (Å²) >= 11 is 4.81. The van der Waals surface area contributed by atoms with E-state index < -0.39 is 5.97 Å². The van der Waals surface area contributed by atoms with Crippen molar-refractivity contribution in [1.29, 1.82) is 0 Å². The molecule has 0 aliphatic heterocycles. The van der Waals surface area contributed by atoms with E-state index in [0.717, 1.165) is 11.1 Å². The van der Waals surface area contributed by atoms with E-state index in [1.54, 1.807) is 18.2 Å². The molecule has 0 aliphatic carbocycles. The van der Waals surface area contributed by atoms with Gasteiger partial charge in [0, 0.05) is 0 Å². The number of aromatic amines is 1. The molecule has 0 radical (unpaired) electrons. The van der Waals surface area contributed by atoms with Gasteiger partial charge < -0.3 is 14.5 Å². The first kappa shape index (κ1) is 8.96. The Bertz CT molecular complexity index is 540. The van der Waals surface area contributed by atoms with Gasteiger partial charge in [-0.3, -0.25) is 4.79 Å². The van der Waals surface area contributed by atoms with Crippen molar-refractivity contribution in [3.05, 3.63) is 28.6 Å². The number of rotatable bonds is 2. The predicted molar refractivity (Wildman–Crippen MR) is 52.7 cm³/mol. The molecule has 0 unspecified atom stereocenters. The summed E-state index contributed by atoms with van der Waals surface area (Å²) in [6.45, 7) is 0. The summed E-state index contributed by atoms with van der Waals surface area (Å²) < 4.78 is 5.14. The SMILES string of the molecule is O=C(O)Cc1ccc2oc(=S)[nH]c2c1. The lowest BCUT2D eigenvalue weighted by Gasteiger charge is -1.95. The van der Waals surface area contributed by atoms with Crippen LogP contribution in [0, 0.1) is 4.84 Å². The molecule has 0 spiro atoms. The maximum atomic E-state index is 10.5. The van der Waals surface area contributed by atoms with Crippen LogP contribution in [0.4, 0.5) is 0 Å². The highest BCUT2D eigenvalue weighted by molar-refractivity contribution is 7.71. The smallest absolute Gasteiger partial charge is 0.307 e. The van der Waals surface area contributed by atoms with Crippen LogP contribution in [0.25, 0.3) is 11.1 Å². The van der Waals surface area contributed by atoms with Gasteiger partial charge in [0.05, 0.1) is 11.9 Å². The number of hydrogen-bond donors (Lipinski definition) is 2. The molecule has 1 heterocycles. The van der Waals surface area contributed by atoms with Gasteiger partial charge in [-0.1, -0.05) is 6.07 Å². The van der Waals surface area contributed by atoms with Crippen molar-refractivity contribution < 1.29 is 14.3 Å². The fourth-order valence-corrected chi connectivity index (χ4v) is 1.48. The number of H-pyrrole nitrogens is 1. The quantitative estimate of drug-likeness (QED) is 0.743. The molecule has 72 valence electrons. The lowest BCUT2D eigenvalue weighted by atomic mass is 10.1. The van der Waals surface area contributed by atoms with Crippen molar-refractivity contribution in [3.63, 3.8) is 0 Å². The third-order valence-corrected chi connectivity index (χ3v) is 2.02. The topological polar surface area (TPSA) is 66.2 Å². The van der Waals surface area contributed by atoms with Gasteiger partial charge in [-0.25, -0.2) is 0 Å². The van der Waals surface area contributed by atoms with Gasteiger partial charge in [-0.05, 0) is 29.9 Å². The van der Waals surface area contributed by atoms with Crippen molar-refractivity contribution in [3.8, 4) is 0 Å². The Morgan fingerprint density at radius 1 is 1.57 bits per heavy atom. The zero-order valence-corrected chi connectivity index (χ0v) is 7.93. The first-order valence-electron chi connectivity index (χ1n) is 3.99. The molecule has 4 nitrogen and oxygen atoms in total. The molecule has 0 fully saturated rings. The van der Waals surface area contributed by atoms with Crippen LogP contribution in [0.3, 0.4) is 0 Å². The third kappa shape index (κ3) is 1.67. The number of carboxylic acid groups (broad SMARTS) is 1. The fraction of sp³-hybridized carbons (Fsp3) is 0.111. The number of nitrogens with one attached hydrogen (secondary N) is 1. The Balaban J connectivity index is 2.50. The Morgan fingerprint density at radius 2 is 2.36 bits per heavy atom. The van der Waals surface area contributed by atoms with Crippen molar-refractivity contribution >= 4 is 29.3 Å². The van der Waals surface area contributed by atoms with E-state index in [-0.39, 0.29) is 6.42 Å². The van der Waals surface area contributed by atoms with Crippen molar-refractivity contribution in [2.75, 3.05) is 0 Å². The van der Waals surface area contributed by atoms with Gasteiger partial charge in [0.15, 0.2) is 5.58 Å². The molecule has 0 bridgehead atoms. The second-order valence-corrected chi connectivity index (χ2v) is 3.29. The van der Waals surface area contributed by atoms with E-state index in [4.69, 9.17) is 21.7 Å². The molecule has 0 amide bonds. The van der Waals surface area contributed by atoms with Crippen molar-refractivity contribution in [2.24, 2.45) is 0 Å². The number of benzene rings is 1. The van der Waals surface area contributed by atoms with Crippen LogP contribution < -0.4 is 0 Å². The molecule has 0 saturated carbocycles. The van der Waals surface area contributed by atoms with Crippen LogP contribution in [-0.4, -0.2) is 16.1 Å². The van der Waals surface area contributed by atoms with Crippen LogP contribution in [0.5, 0.6) is 0 Å². The largest absolute Gasteiger partial charge is 0.481 e. The predicted octanol–water partition coefficient (Wildman–Crippen LogP) is 2.12. The van der Waals surface area contributed by atoms with Crippen LogP contribution in [0.1, 0.15) is 5.56 Å². The van der Waals surface area contributed by atoms with E-state index in [1.165, 1.54) is 0 Å². The van der Waals surface area contributed by atoms with Gasteiger partial charge >= 0.3 is 5.97 Å². The molecule has 1 aromatic heterocycles. The van der Waals surface area contributed by atoms with Gasteiger partial charge in [-0.15, -0.1) is 0 Å². The summed E-state index contributed by atoms with van der Waals surface area (Å²) in [5, 5.41) is 8.59. The standard InChI is InChI=1S/C9H7NO3S/c11-8(12)4-5-1-2-7-6(3-5)10-9(14)13-7/h1-3H,4H2,(H,10,14)(H,11,12). The summed E-state index contributed by atoms with van der Waals surface area (Å²) in [5.41, 5.74) is 2.09. The van der Waals surface area contributed by atoms with E-state index in [9.17, 15) is 4.79 Å². The van der Waals surface area contributed by atoms with Crippen LogP contribution in [0.2, 0.25) is 0 Å². The molecule has 2 N–H and O–H groups in total. The molecule has 0 atom stereocenters. The lowest BCUT2D eigenvalue weighted by molar-refractivity contribution is -0.136. The minimum atomic E-state index is -0.855. The Kier molecular flexibility index (Phi) is 2.09. The number of fused-ring (bicyclic) bond motifs is 1. The third-order valence-electron chi connectivity index (χ3n) is 1.84. The molecule has 1 aromatic carbocycles. The average Bonchev–Trinajstić information content (AvgIpc) is 2.42. The molecular weight excluding hydrogens is 202 g/mol. The molecular formula is C9H7NO3S. The number of carbonyl (C=O) groups is 1. The molecule has 0 aliphatic rings. The first-order chi connectivity index (χ1) is 6.65. The molecule has 14 heavy (non-hydrogen) atoms. The van der Waals surface area contributed by atoms with Crippen LogP contribution >= 0.6 is 12.2 Å². The Morgan fingerprint density at radius 3 is 3.07 bits per heavy atom. The summed E-state index contributed by atoms with van der Waals surface area (Å²) in [6, 6.07) is 5.14. The second-order valence-electron chi connectivity index (χ2n) is 2.92. The Hall–Kier alpha value is -1.62. The molecule has 5 heteroatoms. The van der Waals surface area contributed by atoms with Crippen LogP contribution in [-0.2, 0) is 11.2 Å². The summed E-state index contributed by atoms with van der Waals surface area (Å²) in [4.78, 5) is 13.6. The zero-order chi connectivity index (χ0) is 10.1. The minimum absolute atomic E-state index is 0.00171. The minimum Gasteiger partial charge on any atom is -0.481 e. The normalized spacial score (nSPS) is 10.6. The average molecular weight is 209 g/mol. The fourth-order valence-electron chi connectivity index (χ4n) is 1.28. The summed E-state index contributed by atoms with van der Waals surface area (Å²) in [5.74, 6) is -0.855. The summed E-state index contributed by atoms with van der Waals surface area (Å²) in [6.07, 6.45) is 0.00171. The van der Waals surface area contributed by atoms with Crippen molar-refractivity contribution in [1.82, 2.24) is 4.98 Å². The zero-order valence-electron chi connectivity index (χ0n) is 7.11. The van der Waals surface area contributed by atoms with Gasteiger partial charge in [-0.2, -0.15) is 0 Å². The highest BCUT2D eigenvalue weighted by Crippen LogP contribution is 2.15.